The highest BCUT2D eigenvalue weighted by atomic mass is 32.1. The molecule has 0 saturated heterocycles. The van der Waals surface area contributed by atoms with Gasteiger partial charge in [0.2, 0.25) is 5.95 Å². The van der Waals surface area contributed by atoms with Crippen LogP contribution >= 0.6 is 11.3 Å². The van der Waals surface area contributed by atoms with Gasteiger partial charge in [0.05, 0.1) is 17.1 Å². The molecule has 6 heteroatoms. The largest absolute Gasteiger partial charge is 0.368 e. The lowest BCUT2D eigenvalue weighted by molar-refractivity contribution is 0.834. The molecule has 0 aliphatic heterocycles. The first kappa shape index (κ1) is 12.8. The number of pyridine rings is 1. The van der Waals surface area contributed by atoms with Gasteiger partial charge in [-0.3, -0.25) is 4.98 Å². The van der Waals surface area contributed by atoms with Gasteiger partial charge >= 0.3 is 0 Å². The van der Waals surface area contributed by atoms with Crippen LogP contribution in [0, 0.1) is 6.92 Å². The molecule has 0 aliphatic carbocycles. The molecule has 0 spiro atoms. The van der Waals surface area contributed by atoms with Crippen LogP contribution in [0.4, 0.5) is 11.8 Å². The lowest BCUT2D eigenvalue weighted by atomic mass is 10.2. The summed E-state index contributed by atoms with van der Waals surface area (Å²) in [5.41, 5.74) is 6.74. The van der Waals surface area contributed by atoms with Crippen molar-refractivity contribution in [1.82, 2.24) is 15.0 Å². The van der Waals surface area contributed by atoms with E-state index in [1.165, 1.54) is 4.88 Å². The summed E-state index contributed by atoms with van der Waals surface area (Å²) in [4.78, 5) is 15.0. The molecule has 0 aromatic carbocycles. The number of hydrogen-bond donors (Lipinski definition) is 2. The number of aryl methyl sites for hydroxylation is 1. The van der Waals surface area contributed by atoms with E-state index in [9.17, 15) is 0 Å². The number of thiophene rings is 1. The van der Waals surface area contributed by atoms with Gasteiger partial charge in [0.15, 0.2) is 0 Å². The lowest BCUT2D eigenvalue weighted by Crippen LogP contribution is -2.10. The Balaban J connectivity index is 1.98. The summed E-state index contributed by atoms with van der Waals surface area (Å²) in [5.74, 6) is 1.05. The minimum absolute atomic E-state index is 0.0499. The van der Waals surface area contributed by atoms with Crippen LogP contribution in [0.1, 0.15) is 23.5 Å². The highest BCUT2D eigenvalue weighted by molar-refractivity contribution is 7.18. The van der Waals surface area contributed by atoms with Crippen molar-refractivity contribution < 1.29 is 0 Å². The normalized spacial score (nSPS) is 12.5. The fourth-order valence-electron chi connectivity index (χ4n) is 2.08. The summed E-state index contributed by atoms with van der Waals surface area (Å²) in [5, 5.41) is 4.37. The molecule has 0 aliphatic rings. The zero-order valence-electron chi connectivity index (χ0n) is 11.3. The summed E-state index contributed by atoms with van der Waals surface area (Å²) in [6, 6.07) is 7.98. The van der Waals surface area contributed by atoms with Crippen molar-refractivity contribution in [2.45, 2.75) is 19.9 Å². The van der Waals surface area contributed by atoms with E-state index in [-0.39, 0.29) is 12.0 Å². The van der Waals surface area contributed by atoms with E-state index in [0.717, 1.165) is 21.7 Å². The molecule has 0 radical (unpaired) electrons. The Kier molecular flexibility index (Phi) is 3.23. The van der Waals surface area contributed by atoms with Crippen LogP contribution in [0.5, 0.6) is 0 Å². The molecule has 3 aromatic rings. The first-order chi connectivity index (χ1) is 9.63. The Morgan fingerprint density at radius 2 is 2.15 bits per heavy atom. The Morgan fingerprint density at radius 1 is 1.30 bits per heavy atom. The van der Waals surface area contributed by atoms with Crippen LogP contribution in [0.3, 0.4) is 0 Å². The fraction of sp³-hybridized carbons (Fsp3) is 0.214. The van der Waals surface area contributed by atoms with Gasteiger partial charge in [0.1, 0.15) is 10.6 Å². The molecule has 3 heterocycles. The third-order valence-electron chi connectivity index (χ3n) is 3.02. The van der Waals surface area contributed by atoms with Crippen molar-refractivity contribution >= 4 is 33.3 Å². The van der Waals surface area contributed by atoms with Crippen molar-refractivity contribution in [3.05, 3.63) is 41.0 Å². The van der Waals surface area contributed by atoms with Gasteiger partial charge < -0.3 is 11.1 Å². The highest BCUT2D eigenvalue weighted by Gasteiger charge is 2.13. The molecule has 3 rings (SSSR count). The zero-order valence-corrected chi connectivity index (χ0v) is 12.1. The van der Waals surface area contributed by atoms with E-state index in [0.29, 0.717) is 0 Å². The number of rotatable bonds is 3. The van der Waals surface area contributed by atoms with E-state index < -0.39 is 0 Å². The Hall–Kier alpha value is -2.21. The summed E-state index contributed by atoms with van der Waals surface area (Å²) in [7, 11) is 0. The molecule has 20 heavy (non-hydrogen) atoms. The Bertz CT molecular complexity index is 738. The average Bonchev–Trinajstić information content (AvgIpc) is 2.80. The number of nitrogens with two attached hydrogens (primary N) is 1. The smallest absolute Gasteiger partial charge is 0.223 e. The SMILES string of the molecule is Cc1cc2c(NC(C)c3ccccn3)nc(N)nc2s1. The number of nitrogens with zero attached hydrogens (tertiary/aromatic N) is 3. The second-order valence-electron chi connectivity index (χ2n) is 4.63. The molecule has 0 bridgehead atoms. The van der Waals surface area contributed by atoms with Crippen LogP contribution in [0.15, 0.2) is 30.5 Å². The van der Waals surface area contributed by atoms with Gasteiger partial charge in [-0.05, 0) is 32.0 Å². The van der Waals surface area contributed by atoms with Gasteiger partial charge in [0.25, 0.3) is 0 Å². The average molecular weight is 285 g/mol. The Morgan fingerprint density at radius 3 is 2.90 bits per heavy atom. The monoisotopic (exact) mass is 285 g/mol. The second kappa shape index (κ2) is 5.05. The molecule has 1 atom stereocenters. The lowest BCUT2D eigenvalue weighted by Gasteiger charge is -2.14. The number of aromatic nitrogens is 3. The predicted octanol–water partition coefficient (Wildman–Crippen LogP) is 3.15. The van der Waals surface area contributed by atoms with Gasteiger partial charge in [0, 0.05) is 11.1 Å². The van der Waals surface area contributed by atoms with E-state index in [1.807, 2.05) is 25.1 Å². The van der Waals surface area contributed by atoms with Crippen LogP contribution in [0.25, 0.3) is 10.2 Å². The first-order valence-electron chi connectivity index (χ1n) is 6.34. The third kappa shape index (κ3) is 2.42. The van der Waals surface area contributed by atoms with Crippen LogP contribution in [-0.2, 0) is 0 Å². The predicted molar refractivity (Wildman–Crippen MR) is 82.8 cm³/mol. The molecule has 0 fully saturated rings. The number of anilines is 2. The van der Waals surface area contributed by atoms with Crippen molar-refractivity contribution in [2.24, 2.45) is 0 Å². The number of nitrogen functional groups attached to an aromatic ring is 1. The fourth-order valence-corrected chi connectivity index (χ4v) is 2.97. The molecule has 0 amide bonds. The van der Waals surface area contributed by atoms with Crippen molar-refractivity contribution in [1.29, 1.82) is 0 Å². The molecular weight excluding hydrogens is 270 g/mol. The molecule has 1 unspecified atom stereocenters. The summed E-state index contributed by atoms with van der Waals surface area (Å²) in [6.07, 6.45) is 1.78. The van der Waals surface area contributed by atoms with Crippen molar-refractivity contribution in [3.8, 4) is 0 Å². The second-order valence-corrected chi connectivity index (χ2v) is 5.86. The van der Waals surface area contributed by atoms with Gasteiger partial charge in [-0.15, -0.1) is 11.3 Å². The molecular formula is C14H15N5S. The van der Waals surface area contributed by atoms with E-state index in [2.05, 4.69) is 33.3 Å². The van der Waals surface area contributed by atoms with Crippen LogP contribution in [0.2, 0.25) is 0 Å². The molecule has 3 aromatic heterocycles. The van der Waals surface area contributed by atoms with Crippen molar-refractivity contribution in [3.63, 3.8) is 0 Å². The summed E-state index contributed by atoms with van der Waals surface area (Å²) < 4.78 is 0. The van der Waals surface area contributed by atoms with Crippen LogP contribution in [-0.4, -0.2) is 15.0 Å². The maximum absolute atomic E-state index is 5.78. The standard InChI is InChI=1S/C14H15N5S/c1-8-7-10-12(18-14(15)19-13(10)20-8)17-9(2)11-5-3-4-6-16-11/h3-7,9H,1-2H3,(H3,15,17,18,19). The minimum atomic E-state index is 0.0499. The maximum Gasteiger partial charge on any atom is 0.223 e. The van der Waals surface area contributed by atoms with E-state index in [4.69, 9.17) is 5.73 Å². The topological polar surface area (TPSA) is 76.7 Å². The molecule has 102 valence electrons. The number of fused-ring (bicyclic) bond motifs is 1. The summed E-state index contributed by atoms with van der Waals surface area (Å²) >= 11 is 1.62. The van der Waals surface area contributed by atoms with Crippen LogP contribution < -0.4 is 11.1 Å². The maximum atomic E-state index is 5.78. The van der Waals surface area contributed by atoms with E-state index in [1.54, 1.807) is 17.5 Å². The number of nitrogens with one attached hydrogen (secondary N) is 1. The minimum Gasteiger partial charge on any atom is -0.368 e. The molecule has 0 saturated carbocycles. The highest BCUT2D eigenvalue weighted by Crippen LogP contribution is 2.30. The molecule has 5 nitrogen and oxygen atoms in total. The van der Waals surface area contributed by atoms with Gasteiger partial charge in [-0.2, -0.15) is 4.98 Å². The third-order valence-corrected chi connectivity index (χ3v) is 3.96. The quantitative estimate of drug-likeness (QED) is 0.773. The number of hydrogen-bond acceptors (Lipinski definition) is 6. The van der Waals surface area contributed by atoms with Gasteiger partial charge in [-0.25, -0.2) is 4.98 Å². The Labute approximate surface area is 120 Å². The summed E-state index contributed by atoms with van der Waals surface area (Å²) in [6.45, 7) is 4.10. The van der Waals surface area contributed by atoms with Gasteiger partial charge in [-0.1, -0.05) is 6.07 Å². The molecule has 3 N–H and O–H groups in total. The van der Waals surface area contributed by atoms with E-state index >= 15 is 0 Å². The zero-order chi connectivity index (χ0) is 14.1. The van der Waals surface area contributed by atoms with Crippen molar-refractivity contribution in [2.75, 3.05) is 11.1 Å². The first-order valence-corrected chi connectivity index (χ1v) is 7.16.